The van der Waals surface area contributed by atoms with Gasteiger partial charge in [0, 0.05) is 29.0 Å². The fraction of sp³-hybridized carbons (Fsp3) is 0.0870. The first kappa shape index (κ1) is 23.5. The number of fused-ring (bicyclic) bond motifs is 1. The molecule has 0 fully saturated rings. The minimum atomic E-state index is -1.35. The van der Waals surface area contributed by atoms with E-state index in [2.05, 4.69) is 20.6 Å². The van der Waals surface area contributed by atoms with Crippen molar-refractivity contribution >= 4 is 46.2 Å². The Labute approximate surface area is 202 Å². The molecule has 35 heavy (non-hydrogen) atoms. The first-order chi connectivity index (χ1) is 16.7. The maximum atomic E-state index is 12.3. The van der Waals surface area contributed by atoms with Crippen molar-refractivity contribution in [1.82, 2.24) is 19.9 Å². The molecule has 0 radical (unpaired) electrons. The number of aromatic carboxylic acids is 1. The topological polar surface area (TPSA) is 166 Å². The molecule has 4 aromatic rings. The van der Waals surface area contributed by atoms with Gasteiger partial charge in [0.05, 0.1) is 23.7 Å². The summed E-state index contributed by atoms with van der Waals surface area (Å²) in [4.78, 5) is 53.1. The molecule has 2 aromatic heterocycles. The molecule has 0 atom stereocenters. The van der Waals surface area contributed by atoms with Crippen molar-refractivity contribution in [3.8, 4) is 5.69 Å². The van der Waals surface area contributed by atoms with Crippen molar-refractivity contribution in [3.63, 3.8) is 0 Å². The number of urea groups is 1. The number of halogens is 1. The van der Waals surface area contributed by atoms with Gasteiger partial charge < -0.3 is 30.4 Å². The number of pyridine rings is 1. The summed E-state index contributed by atoms with van der Waals surface area (Å²) in [5.74, 6) is -1.85. The Kier molecular flexibility index (Phi) is 6.51. The lowest BCUT2D eigenvalue weighted by Crippen LogP contribution is -2.29. The highest BCUT2D eigenvalue weighted by Crippen LogP contribution is 2.27. The minimum Gasteiger partial charge on any atom is -0.481 e. The summed E-state index contributed by atoms with van der Waals surface area (Å²) in [5.41, 5.74) is 0.821. The average molecular weight is 496 g/mol. The number of carboxylic acid groups (broad SMARTS) is 2. The molecule has 0 unspecified atom stereocenters. The molecule has 0 aliphatic carbocycles. The molecular formula is C23H18ClN5O6. The third-order valence-electron chi connectivity index (χ3n) is 5.09. The van der Waals surface area contributed by atoms with Crippen LogP contribution in [0.2, 0.25) is 5.02 Å². The minimum absolute atomic E-state index is 0.0380. The second-order valence-electron chi connectivity index (χ2n) is 7.50. The van der Waals surface area contributed by atoms with Crippen LogP contribution in [0.3, 0.4) is 0 Å². The second kappa shape index (κ2) is 9.69. The van der Waals surface area contributed by atoms with Crippen LogP contribution in [0.15, 0.2) is 59.7 Å². The number of anilines is 1. The Hall–Kier alpha value is -4.64. The molecular weight excluding hydrogens is 478 g/mol. The van der Waals surface area contributed by atoms with Gasteiger partial charge in [-0.05, 0) is 35.9 Å². The number of carbonyl (C=O) groups excluding carboxylic acids is 1. The number of nitrogens with zero attached hydrogens (tertiary/aromatic N) is 2. The summed E-state index contributed by atoms with van der Waals surface area (Å²) in [6.07, 6.45) is 3.04. The van der Waals surface area contributed by atoms with Gasteiger partial charge in [-0.3, -0.25) is 9.59 Å². The summed E-state index contributed by atoms with van der Waals surface area (Å²) < 4.78 is 1.63. The smallest absolute Gasteiger partial charge is 0.341 e. The van der Waals surface area contributed by atoms with E-state index < -0.39 is 29.1 Å². The van der Waals surface area contributed by atoms with E-state index in [9.17, 15) is 24.3 Å². The predicted octanol–water partition coefficient (Wildman–Crippen LogP) is 3.01. The van der Waals surface area contributed by atoms with Gasteiger partial charge in [-0.1, -0.05) is 23.7 Å². The number of aromatic amines is 1. The largest absolute Gasteiger partial charge is 0.481 e. The van der Waals surface area contributed by atoms with Crippen molar-refractivity contribution in [2.45, 2.75) is 13.0 Å². The van der Waals surface area contributed by atoms with Crippen molar-refractivity contribution < 1.29 is 24.6 Å². The van der Waals surface area contributed by atoms with Gasteiger partial charge in [0.15, 0.2) is 0 Å². The van der Waals surface area contributed by atoms with Crippen LogP contribution >= 0.6 is 11.6 Å². The molecule has 0 saturated heterocycles. The standard InChI is InChI=1S/C23H18ClN5O6/c24-16-10-17-13(8-15(22(33)34)21(32)28-17)9-18(16)29-6-5-25-19(29)11-26-23(35)27-14-3-1-12(2-4-14)7-20(30)31/h1-6,8-10H,7,11H2,(H,28,32)(H,30,31)(H,33,34)(H2,26,27,35). The number of carbonyl (C=O) groups is 3. The summed E-state index contributed by atoms with van der Waals surface area (Å²) in [5, 5.41) is 24.1. The zero-order valence-corrected chi connectivity index (χ0v) is 18.7. The number of imidazole rings is 1. The van der Waals surface area contributed by atoms with Gasteiger partial charge in [-0.15, -0.1) is 0 Å². The van der Waals surface area contributed by atoms with E-state index in [1.165, 1.54) is 18.3 Å². The Bertz CT molecular complexity index is 1510. The van der Waals surface area contributed by atoms with E-state index in [0.717, 1.165) is 0 Å². The average Bonchev–Trinajstić information content (AvgIpc) is 3.26. The van der Waals surface area contributed by atoms with E-state index in [0.29, 0.717) is 33.7 Å². The van der Waals surface area contributed by atoms with Crippen LogP contribution in [0.1, 0.15) is 21.7 Å². The number of amides is 2. The van der Waals surface area contributed by atoms with Gasteiger partial charge in [0.1, 0.15) is 11.4 Å². The number of rotatable bonds is 7. The number of benzene rings is 2. The molecule has 0 bridgehead atoms. The van der Waals surface area contributed by atoms with Crippen LogP contribution in [0.25, 0.3) is 16.6 Å². The first-order valence-electron chi connectivity index (χ1n) is 10.2. The van der Waals surface area contributed by atoms with E-state index >= 15 is 0 Å². The number of aliphatic carboxylic acids is 1. The van der Waals surface area contributed by atoms with Crippen molar-refractivity contribution in [2.24, 2.45) is 0 Å². The third-order valence-corrected chi connectivity index (χ3v) is 5.40. The normalized spacial score (nSPS) is 10.8. The predicted molar refractivity (Wildman–Crippen MR) is 127 cm³/mol. The Morgan fingerprint density at radius 1 is 1.09 bits per heavy atom. The van der Waals surface area contributed by atoms with Crippen molar-refractivity contribution in [1.29, 1.82) is 0 Å². The summed E-state index contributed by atoms with van der Waals surface area (Å²) >= 11 is 6.41. The lowest BCUT2D eigenvalue weighted by atomic mass is 10.1. The molecule has 4 rings (SSSR count). The fourth-order valence-corrected chi connectivity index (χ4v) is 3.71. The molecule has 5 N–H and O–H groups in total. The highest BCUT2D eigenvalue weighted by Gasteiger charge is 2.15. The van der Waals surface area contributed by atoms with Crippen LogP contribution in [0.4, 0.5) is 10.5 Å². The molecule has 178 valence electrons. The van der Waals surface area contributed by atoms with Crippen LogP contribution in [0, 0.1) is 0 Å². The first-order valence-corrected chi connectivity index (χ1v) is 10.6. The van der Waals surface area contributed by atoms with E-state index in [1.807, 2.05) is 0 Å². The van der Waals surface area contributed by atoms with E-state index in [-0.39, 0.29) is 18.0 Å². The van der Waals surface area contributed by atoms with Crippen LogP contribution in [0.5, 0.6) is 0 Å². The molecule has 12 heteroatoms. The van der Waals surface area contributed by atoms with E-state index in [4.69, 9.17) is 16.7 Å². The lowest BCUT2D eigenvalue weighted by molar-refractivity contribution is -0.136. The van der Waals surface area contributed by atoms with Gasteiger partial charge in [-0.25, -0.2) is 14.6 Å². The third kappa shape index (κ3) is 5.31. The van der Waals surface area contributed by atoms with Crippen molar-refractivity contribution in [3.05, 3.63) is 87.2 Å². The molecule has 2 aromatic carbocycles. The summed E-state index contributed by atoms with van der Waals surface area (Å²) in [6.45, 7) is 0.0380. The van der Waals surface area contributed by atoms with E-state index in [1.54, 1.807) is 41.1 Å². The quantitative estimate of drug-likeness (QED) is 0.262. The number of nitrogens with one attached hydrogen (secondary N) is 3. The van der Waals surface area contributed by atoms with Crippen LogP contribution in [-0.2, 0) is 17.8 Å². The molecule has 0 saturated carbocycles. The monoisotopic (exact) mass is 495 g/mol. The maximum Gasteiger partial charge on any atom is 0.341 e. The Morgan fingerprint density at radius 2 is 1.83 bits per heavy atom. The second-order valence-corrected chi connectivity index (χ2v) is 7.90. The Balaban J connectivity index is 1.50. The highest BCUT2D eigenvalue weighted by atomic mass is 35.5. The number of hydrogen-bond donors (Lipinski definition) is 5. The van der Waals surface area contributed by atoms with Crippen molar-refractivity contribution in [2.75, 3.05) is 5.32 Å². The summed E-state index contributed by atoms with van der Waals surface area (Å²) in [6, 6.07) is 10.3. The number of aromatic nitrogens is 3. The fourth-order valence-electron chi connectivity index (χ4n) is 3.46. The van der Waals surface area contributed by atoms with Crippen LogP contribution < -0.4 is 16.2 Å². The summed E-state index contributed by atoms with van der Waals surface area (Å²) in [7, 11) is 0. The van der Waals surface area contributed by atoms with Gasteiger partial charge in [-0.2, -0.15) is 0 Å². The number of carboxylic acids is 2. The van der Waals surface area contributed by atoms with Gasteiger partial charge >= 0.3 is 18.0 Å². The maximum absolute atomic E-state index is 12.3. The van der Waals surface area contributed by atoms with Gasteiger partial charge in [0.25, 0.3) is 5.56 Å². The Morgan fingerprint density at radius 3 is 2.51 bits per heavy atom. The molecule has 0 aliphatic heterocycles. The lowest BCUT2D eigenvalue weighted by Gasteiger charge is -2.13. The molecule has 0 spiro atoms. The molecule has 2 heterocycles. The molecule has 2 amide bonds. The van der Waals surface area contributed by atoms with Crippen LogP contribution in [-0.4, -0.2) is 42.7 Å². The molecule has 11 nitrogen and oxygen atoms in total. The zero-order valence-electron chi connectivity index (χ0n) is 17.9. The zero-order chi connectivity index (χ0) is 25.1. The molecule has 0 aliphatic rings. The SMILES string of the molecule is O=C(O)Cc1ccc(NC(=O)NCc2nccn2-c2cc3cc(C(=O)O)c(=O)[nH]c3cc2Cl)cc1. The number of hydrogen-bond acceptors (Lipinski definition) is 5. The van der Waals surface area contributed by atoms with Gasteiger partial charge in [0.2, 0.25) is 0 Å². The number of H-pyrrole nitrogens is 1. The highest BCUT2D eigenvalue weighted by molar-refractivity contribution is 6.33.